The molecule has 1 fully saturated rings. The van der Waals surface area contributed by atoms with Gasteiger partial charge in [-0.15, -0.1) is 8.42 Å². The molecule has 1 heterocycles. The summed E-state index contributed by atoms with van der Waals surface area (Å²) >= 11 is 0. The van der Waals surface area contributed by atoms with Crippen LogP contribution in [-0.2, 0) is 14.5 Å². The summed E-state index contributed by atoms with van der Waals surface area (Å²) in [5.41, 5.74) is -0.972. The van der Waals surface area contributed by atoms with Gasteiger partial charge in [0.2, 0.25) is 0 Å². The lowest BCUT2D eigenvalue weighted by Gasteiger charge is -2.38. The molecule has 0 aromatic heterocycles. The number of quaternary nitrogens is 1. The summed E-state index contributed by atoms with van der Waals surface area (Å²) < 4.78 is 27.1. The van der Waals surface area contributed by atoms with Crippen LogP contribution in [0.3, 0.4) is 0 Å². The van der Waals surface area contributed by atoms with Gasteiger partial charge in [-0.1, -0.05) is 3.89 Å². The van der Waals surface area contributed by atoms with Crippen LogP contribution in [0, 0.1) is 0 Å². The lowest BCUT2D eigenvalue weighted by molar-refractivity contribution is -0.801. The summed E-state index contributed by atoms with van der Waals surface area (Å²) in [5.74, 6) is 0. The molecule has 1 N–H and O–H groups in total. The van der Waals surface area contributed by atoms with E-state index in [1.54, 1.807) is 27.7 Å². The first-order valence-electron chi connectivity index (χ1n) is 4.59. The minimum Gasteiger partial charge on any atom is -0.434 e. The average Bonchev–Trinajstić information content (AvgIpc) is 2.20. The summed E-state index contributed by atoms with van der Waals surface area (Å²) in [5, 5.41) is 9.22. The van der Waals surface area contributed by atoms with Crippen molar-refractivity contribution in [1.82, 2.24) is 0 Å². The Morgan fingerprint density at radius 1 is 1.47 bits per heavy atom. The van der Waals surface area contributed by atoms with Crippen LogP contribution >= 0.6 is 0 Å². The minimum atomic E-state index is -4.12. The zero-order valence-corrected chi connectivity index (χ0v) is 10.0. The van der Waals surface area contributed by atoms with Crippen molar-refractivity contribution in [1.29, 1.82) is 0 Å². The van der Waals surface area contributed by atoms with Gasteiger partial charge in [0.15, 0.2) is 0 Å². The zero-order valence-electron chi connectivity index (χ0n) is 9.22. The number of hydrogen-bond donors (Lipinski definition) is 1. The van der Waals surface area contributed by atoms with Crippen molar-refractivity contribution in [2.24, 2.45) is 0 Å². The first-order valence-corrected chi connectivity index (χ1v) is 5.96. The van der Waals surface area contributed by atoms with E-state index >= 15 is 0 Å². The molecule has 88 valence electrons. The quantitative estimate of drug-likeness (QED) is 0.635. The van der Waals surface area contributed by atoms with Gasteiger partial charge in [0.05, 0.1) is 0 Å². The van der Waals surface area contributed by atoms with Crippen LogP contribution in [0.25, 0.3) is 0 Å². The topological polar surface area (TPSA) is 80.7 Å². The Labute approximate surface area is 89.3 Å². The number of carboxylic acid groups (broad SMARTS) is 1. The zero-order chi connectivity index (χ0) is 12.1. The predicted octanol–water partition coefficient (Wildman–Crippen LogP) is 0.943. The van der Waals surface area contributed by atoms with Crippen molar-refractivity contribution in [3.05, 3.63) is 0 Å². The monoisotopic (exact) mass is 238 g/mol. The standard InChI is InChI=1S/C8H15NO5S/c1-6-5-14-15(12,13)9(6,7(10)11)8(2,3)4/h6H,5H2,1-4H3/p+1/t6-,9?/m0/s1. The van der Waals surface area contributed by atoms with Gasteiger partial charge in [0.25, 0.3) is 0 Å². The molecule has 0 spiro atoms. The fraction of sp³-hybridized carbons (Fsp3) is 0.875. The summed E-state index contributed by atoms with van der Waals surface area (Å²) in [6, 6.07) is -0.618. The van der Waals surface area contributed by atoms with Crippen molar-refractivity contribution in [3.63, 3.8) is 0 Å². The summed E-state index contributed by atoms with van der Waals surface area (Å²) in [6.07, 6.45) is -1.40. The van der Waals surface area contributed by atoms with Gasteiger partial charge in [0, 0.05) is 0 Å². The van der Waals surface area contributed by atoms with Gasteiger partial charge in [-0.25, -0.2) is 4.18 Å². The highest BCUT2D eigenvalue weighted by Crippen LogP contribution is 2.39. The number of carbonyl (C=O) groups is 1. The molecular formula is C8H16NO5S+. The Bertz CT molecular complexity index is 382. The van der Waals surface area contributed by atoms with E-state index in [2.05, 4.69) is 4.18 Å². The third-order valence-electron chi connectivity index (χ3n) is 2.71. The highest BCUT2D eigenvalue weighted by Gasteiger charge is 2.67. The molecule has 0 aromatic rings. The molecule has 6 nitrogen and oxygen atoms in total. The van der Waals surface area contributed by atoms with Crippen molar-refractivity contribution in [3.8, 4) is 0 Å². The molecule has 0 bridgehead atoms. The van der Waals surface area contributed by atoms with Crippen LogP contribution in [0.15, 0.2) is 0 Å². The van der Waals surface area contributed by atoms with Gasteiger partial charge in [0.1, 0.15) is 18.2 Å². The van der Waals surface area contributed by atoms with E-state index in [4.69, 9.17) is 0 Å². The fourth-order valence-corrected chi connectivity index (χ4v) is 4.06. The van der Waals surface area contributed by atoms with Crippen molar-refractivity contribution < 1.29 is 26.4 Å². The van der Waals surface area contributed by atoms with Crippen molar-refractivity contribution in [2.75, 3.05) is 6.61 Å². The molecule has 1 rings (SSSR count). The second-order valence-corrected chi connectivity index (χ2v) is 6.34. The van der Waals surface area contributed by atoms with E-state index < -0.39 is 31.9 Å². The van der Waals surface area contributed by atoms with E-state index in [1.165, 1.54) is 0 Å². The maximum absolute atomic E-state index is 11.8. The van der Waals surface area contributed by atoms with Gasteiger partial charge < -0.3 is 5.11 Å². The van der Waals surface area contributed by atoms with Crippen molar-refractivity contribution in [2.45, 2.75) is 39.3 Å². The van der Waals surface area contributed by atoms with E-state index in [9.17, 15) is 18.3 Å². The number of rotatable bonds is 0. The Hall–Kier alpha value is -0.660. The van der Waals surface area contributed by atoms with Gasteiger partial charge in [-0.2, -0.15) is 4.79 Å². The highest BCUT2D eigenvalue weighted by molar-refractivity contribution is 7.81. The summed E-state index contributed by atoms with van der Waals surface area (Å²) in [7, 11) is -4.12. The van der Waals surface area contributed by atoms with Crippen LogP contribution in [0.1, 0.15) is 27.7 Å². The number of amides is 1. The van der Waals surface area contributed by atoms with Crippen LogP contribution in [0.5, 0.6) is 0 Å². The largest absolute Gasteiger partial charge is 0.531 e. The smallest absolute Gasteiger partial charge is 0.434 e. The van der Waals surface area contributed by atoms with Crippen LogP contribution < -0.4 is 0 Å². The fourth-order valence-electron chi connectivity index (χ4n) is 2.16. The molecule has 1 saturated heterocycles. The highest BCUT2D eigenvalue weighted by atomic mass is 32.2. The van der Waals surface area contributed by atoms with Gasteiger partial charge in [-0.05, 0) is 27.7 Å². The van der Waals surface area contributed by atoms with Crippen LogP contribution in [-0.4, -0.2) is 41.7 Å². The molecule has 0 saturated carbocycles. The number of hydrogen-bond acceptors (Lipinski definition) is 4. The molecule has 15 heavy (non-hydrogen) atoms. The second kappa shape index (κ2) is 3.16. The number of nitrogens with zero attached hydrogens (tertiary/aromatic N) is 1. The van der Waals surface area contributed by atoms with Crippen molar-refractivity contribution >= 4 is 16.4 Å². The summed E-state index contributed by atoms with van der Waals surface area (Å²) in [4.78, 5) is 11.3. The first kappa shape index (κ1) is 12.4. The SMILES string of the molecule is C[C@H]1COS(=O)(=O)[N+]1(C(=O)O)C(C)(C)C. The Morgan fingerprint density at radius 2 is 1.93 bits per heavy atom. The van der Waals surface area contributed by atoms with E-state index in [0.29, 0.717) is 0 Å². The Morgan fingerprint density at radius 3 is 2.07 bits per heavy atom. The average molecular weight is 238 g/mol. The molecule has 1 amide bonds. The third-order valence-corrected chi connectivity index (χ3v) is 4.92. The predicted molar refractivity (Wildman–Crippen MR) is 52.4 cm³/mol. The molecule has 0 radical (unpaired) electrons. The molecular weight excluding hydrogens is 222 g/mol. The second-order valence-electron chi connectivity index (χ2n) is 4.67. The van der Waals surface area contributed by atoms with Gasteiger partial charge in [-0.3, -0.25) is 0 Å². The molecule has 2 atom stereocenters. The molecule has 1 aliphatic heterocycles. The maximum atomic E-state index is 11.8. The van der Waals surface area contributed by atoms with Crippen LogP contribution in [0.4, 0.5) is 4.79 Å². The molecule has 1 unspecified atom stereocenters. The lowest BCUT2D eigenvalue weighted by atomic mass is 10.0. The normalized spacial score (nSPS) is 35.3. The van der Waals surface area contributed by atoms with E-state index in [1.807, 2.05) is 0 Å². The summed E-state index contributed by atoms with van der Waals surface area (Å²) in [6.45, 7) is 6.19. The molecule has 1 aliphatic rings. The Kier molecular flexibility index (Phi) is 2.62. The van der Waals surface area contributed by atoms with E-state index in [0.717, 1.165) is 0 Å². The maximum Gasteiger partial charge on any atom is 0.531 e. The Balaban J connectivity index is 3.53. The molecule has 0 aromatic carbocycles. The third kappa shape index (κ3) is 1.37. The first-order chi connectivity index (χ1) is 6.57. The van der Waals surface area contributed by atoms with Crippen LogP contribution in [0.2, 0.25) is 0 Å². The lowest BCUT2D eigenvalue weighted by Crippen LogP contribution is -2.67. The molecule has 7 heteroatoms. The van der Waals surface area contributed by atoms with E-state index in [-0.39, 0.29) is 6.61 Å². The molecule has 0 aliphatic carbocycles. The van der Waals surface area contributed by atoms with Gasteiger partial charge >= 0.3 is 16.4 Å². The minimum absolute atomic E-state index is 0.0914.